The molecule has 0 aliphatic carbocycles. The molecule has 30 heavy (non-hydrogen) atoms. The molecule has 0 bridgehead atoms. The van der Waals surface area contributed by atoms with E-state index in [2.05, 4.69) is 9.88 Å². The fourth-order valence-corrected chi connectivity index (χ4v) is 5.45. The van der Waals surface area contributed by atoms with Gasteiger partial charge in [0.05, 0.1) is 29.0 Å². The van der Waals surface area contributed by atoms with E-state index in [4.69, 9.17) is 4.98 Å². The number of nitrogens with one attached hydrogen (secondary N) is 1. The van der Waals surface area contributed by atoms with Crippen molar-refractivity contribution in [3.63, 3.8) is 0 Å². The third kappa shape index (κ3) is 5.01. The summed E-state index contributed by atoms with van der Waals surface area (Å²) in [5.74, 6) is 0.819. The van der Waals surface area contributed by atoms with Crippen molar-refractivity contribution in [2.24, 2.45) is 0 Å². The number of amides is 1. The van der Waals surface area contributed by atoms with Crippen LogP contribution in [0.1, 0.15) is 45.4 Å². The number of imidazole rings is 1. The summed E-state index contributed by atoms with van der Waals surface area (Å²) in [4.78, 5) is 18.9. The maximum Gasteiger partial charge on any atom is 0.243 e. The average molecular weight is 436 g/mol. The van der Waals surface area contributed by atoms with Crippen molar-refractivity contribution in [2.45, 2.75) is 57.5 Å². The molecule has 1 fully saturated rings. The number of carbonyl (C=O) groups excluding carboxylic acids is 1. The zero-order valence-electron chi connectivity index (χ0n) is 18.2. The number of carbonyl (C=O) groups is 1. The molecule has 166 valence electrons. The Kier molecular flexibility index (Phi) is 7.49. The Morgan fingerprint density at radius 1 is 1.20 bits per heavy atom. The Labute approximate surface area is 179 Å². The maximum absolute atomic E-state index is 13.0. The Hall–Kier alpha value is -1.97. The fourth-order valence-electron chi connectivity index (χ4n) is 3.91. The Balaban J connectivity index is 1.82. The van der Waals surface area contributed by atoms with Crippen LogP contribution < -0.4 is 5.32 Å². The number of benzene rings is 1. The number of sulfonamides is 1. The average Bonchev–Trinajstić information content (AvgIpc) is 3.08. The monoisotopic (exact) mass is 435 g/mol. The first-order chi connectivity index (χ1) is 14.4. The van der Waals surface area contributed by atoms with Crippen molar-refractivity contribution < 1.29 is 13.2 Å². The molecule has 1 aromatic heterocycles. The molecule has 3 rings (SSSR count). The SMILES string of the molecule is CCCNC(=O)CN(C)Cc1nc2cc(S(=O)(=O)N3CCCCC3)ccc2n1CC. The van der Waals surface area contributed by atoms with Crippen LogP contribution in [0.3, 0.4) is 0 Å². The molecule has 1 aliphatic rings. The van der Waals surface area contributed by atoms with Gasteiger partial charge in [-0.3, -0.25) is 9.69 Å². The highest BCUT2D eigenvalue weighted by Crippen LogP contribution is 2.25. The van der Waals surface area contributed by atoms with Gasteiger partial charge >= 0.3 is 0 Å². The molecule has 0 saturated carbocycles. The molecule has 0 unspecified atom stereocenters. The van der Waals surface area contributed by atoms with Gasteiger partial charge in [0.25, 0.3) is 0 Å². The van der Waals surface area contributed by atoms with Gasteiger partial charge < -0.3 is 9.88 Å². The van der Waals surface area contributed by atoms with Gasteiger partial charge in [0.15, 0.2) is 0 Å². The first kappa shape index (κ1) is 22.7. The highest BCUT2D eigenvalue weighted by atomic mass is 32.2. The van der Waals surface area contributed by atoms with E-state index in [1.165, 1.54) is 0 Å². The first-order valence-corrected chi connectivity index (χ1v) is 12.2. The van der Waals surface area contributed by atoms with E-state index in [1.54, 1.807) is 16.4 Å². The van der Waals surface area contributed by atoms with Gasteiger partial charge in [0.1, 0.15) is 5.82 Å². The Morgan fingerprint density at radius 3 is 2.60 bits per heavy atom. The van der Waals surface area contributed by atoms with Crippen LogP contribution in [0.25, 0.3) is 11.0 Å². The van der Waals surface area contributed by atoms with Crippen LogP contribution in [-0.2, 0) is 27.9 Å². The molecule has 1 aromatic carbocycles. The van der Waals surface area contributed by atoms with E-state index in [1.807, 2.05) is 31.9 Å². The molecule has 0 atom stereocenters. The number of piperidine rings is 1. The lowest BCUT2D eigenvalue weighted by Gasteiger charge is -2.25. The van der Waals surface area contributed by atoms with E-state index < -0.39 is 10.0 Å². The molecular weight excluding hydrogens is 402 g/mol. The van der Waals surface area contributed by atoms with Crippen LogP contribution in [0.4, 0.5) is 0 Å². The molecule has 2 heterocycles. The van der Waals surface area contributed by atoms with E-state index >= 15 is 0 Å². The van der Waals surface area contributed by atoms with Gasteiger partial charge in [-0.15, -0.1) is 0 Å². The zero-order chi connectivity index (χ0) is 21.7. The van der Waals surface area contributed by atoms with Gasteiger partial charge in [-0.05, 0) is 51.4 Å². The second-order valence-electron chi connectivity index (χ2n) is 7.91. The minimum atomic E-state index is -3.49. The van der Waals surface area contributed by atoms with E-state index in [9.17, 15) is 13.2 Å². The van der Waals surface area contributed by atoms with Gasteiger partial charge in [0.2, 0.25) is 15.9 Å². The van der Waals surface area contributed by atoms with Gasteiger partial charge in [-0.2, -0.15) is 4.31 Å². The highest BCUT2D eigenvalue weighted by molar-refractivity contribution is 7.89. The predicted octanol–water partition coefficient (Wildman–Crippen LogP) is 2.19. The van der Waals surface area contributed by atoms with Crippen molar-refractivity contribution in [3.8, 4) is 0 Å². The van der Waals surface area contributed by atoms with E-state index in [0.29, 0.717) is 43.1 Å². The third-order valence-electron chi connectivity index (χ3n) is 5.46. The maximum atomic E-state index is 13.0. The lowest BCUT2D eigenvalue weighted by Crippen LogP contribution is -2.35. The molecule has 9 heteroatoms. The van der Waals surface area contributed by atoms with Gasteiger partial charge in [-0.1, -0.05) is 13.3 Å². The molecule has 2 aromatic rings. The Morgan fingerprint density at radius 2 is 1.93 bits per heavy atom. The summed E-state index contributed by atoms with van der Waals surface area (Å²) in [6.07, 6.45) is 3.81. The van der Waals surface area contributed by atoms with E-state index in [-0.39, 0.29) is 5.91 Å². The smallest absolute Gasteiger partial charge is 0.243 e. The van der Waals surface area contributed by atoms with Crippen molar-refractivity contribution >= 4 is 27.0 Å². The molecule has 1 aliphatic heterocycles. The van der Waals surface area contributed by atoms with Crippen molar-refractivity contribution in [2.75, 3.05) is 33.2 Å². The number of fused-ring (bicyclic) bond motifs is 1. The quantitative estimate of drug-likeness (QED) is 0.652. The molecule has 0 spiro atoms. The normalized spacial score (nSPS) is 15.7. The second kappa shape index (κ2) is 9.89. The number of aryl methyl sites for hydroxylation is 1. The number of aromatic nitrogens is 2. The van der Waals surface area contributed by atoms with Crippen LogP contribution in [0, 0.1) is 0 Å². The van der Waals surface area contributed by atoms with Crippen molar-refractivity contribution in [1.29, 1.82) is 0 Å². The van der Waals surface area contributed by atoms with Gasteiger partial charge in [0, 0.05) is 26.2 Å². The van der Waals surface area contributed by atoms with Crippen LogP contribution in [0.15, 0.2) is 23.1 Å². The van der Waals surface area contributed by atoms with E-state index in [0.717, 1.165) is 43.6 Å². The largest absolute Gasteiger partial charge is 0.355 e. The summed E-state index contributed by atoms with van der Waals surface area (Å²) in [5.41, 5.74) is 1.59. The standard InChI is InChI=1S/C21H33N5O3S/c1-4-11-22-21(27)16-24(3)15-20-23-18-14-17(9-10-19(18)26(20)5-2)30(28,29)25-12-7-6-8-13-25/h9-10,14H,4-8,11-13,15-16H2,1-3H3,(H,22,27). The zero-order valence-corrected chi connectivity index (χ0v) is 19.0. The van der Waals surface area contributed by atoms with Crippen LogP contribution in [0.2, 0.25) is 0 Å². The van der Waals surface area contributed by atoms with Crippen molar-refractivity contribution in [1.82, 2.24) is 24.1 Å². The summed E-state index contributed by atoms with van der Waals surface area (Å²) >= 11 is 0. The van der Waals surface area contributed by atoms with Crippen LogP contribution in [0.5, 0.6) is 0 Å². The number of hydrogen-bond acceptors (Lipinski definition) is 5. The number of nitrogens with zero attached hydrogens (tertiary/aromatic N) is 4. The molecular formula is C21H33N5O3S. The lowest BCUT2D eigenvalue weighted by molar-refractivity contribution is -0.122. The van der Waals surface area contributed by atoms with Gasteiger partial charge in [-0.25, -0.2) is 13.4 Å². The minimum absolute atomic E-state index is 0.00609. The lowest BCUT2D eigenvalue weighted by atomic mass is 10.2. The molecule has 1 N–H and O–H groups in total. The van der Waals surface area contributed by atoms with Crippen molar-refractivity contribution in [3.05, 3.63) is 24.0 Å². The topological polar surface area (TPSA) is 87.5 Å². The number of rotatable bonds is 9. The second-order valence-corrected chi connectivity index (χ2v) is 9.85. The van der Waals surface area contributed by atoms with Crippen LogP contribution >= 0.6 is 0 Å². The fraction of sp³-hybridized carbons (Fsp3) is 0.619. The summed E-state index contributed by atoms with van der Waals surface area (Å²) in [6, 6.07) is 5.22. The predicted molar refractivity (Wildman–Crippen MR) is 118 cm³/mol. The summed E-state index contributed by atoms with van der Waals surface area (Å²) in [6.45, 7) is 7.43. The number of likely N-dealkylation sites (N-methyl/N-ethyl adjacent to an activating group) is 1. The Bertz CT molecular complexity index is 980. The summed E-state index contributed by atoms with van der Waals surface area (Å²) in [7, 11) is -1.60. The first-order valence-electron chi connectivity index (χ1n) is 10.8. The summed E-state index contributed by atoms with van der Waals surface area (Å²) < 4.78 is 29.7. The minimum Gasteiger partial charge on any atom is -0.355 e. The molecule has 8 nitrogen and oxygen atoms in total. The van der Waals surface area contributed by atoms with Crippen LogP contribution in [-0.4, -0.2) is 66.3 Å². The molecule has 1 amide bonds. The molecule has 1 saturated heterocycles. The third-order valence-corrected chi connectivity index (χ3v) is 7.36. The summed E-state index contributed by atoms with van der Waals surface area (Å²) in [5, 5.41) is 2.88. The highest BCUT2D eigenvalue weighted by Gasteiger charge is 2.26. The number of hydrogen-bond donors (Lipinski definition) is 1. The molecule has 0 radical (unpaired) electrons.